The molecule has 34 heavy (non-hydrogen) atoms. The van der Waals surface area contributed by atoms with Gasteiger partial charge >= 0.3 is 0 Å². The van der Waals surface area contributed by atoms with Gasteiger partial charge in [0.15, 0.2) is 11.5 Å². The molecule has 0 fully saturated rings. The van der Waals surface area contributed by atoms with Crippen LogP contribution in [0.3, 0.4) is 0 Å². The number of benzene rings is 1. The second-order valence-electron chi connectivity index (χ2n) is 6.69. The molecule has 10 nitrogen and oxygen atoms in total. The van der Waals surface area contributed by atoms with Crippen LogP contribution in [0, 0.1) is 5.82 Å². The van der Waals surface area contributed by atoms with Crippen LogP contribution in [-0.4, -0.2) is 48.2 Å². The van der Waals surface area contributed by atoms with Crippen molar-refractivity contribution in [2.45, 2.75) is 0 Å². The lowest BCUT2D eigenvalue weighted by Gasteiger charge is -2.28. The number of amides is 1. The van der Waals surface area contributed by atoms with E-state index in [1.165, 1.54) is 61.7 Å². The Kier molecular flexibility index (Phi) is 6.66. The summed E-state index contributed by atoms with van der Waals surface area (Å²) in [6.07, 6.45) is 5.38. The van der Waals surface area contributed by atoms with Crippen molar-refractivity contribution < 1.29 is 22.7 Å². The number of anilines is 2. The molecule has 4 rings (SSSR count). The molecule has 0 aliphatic rings. The maximum absolute atomic E-state index is 15.8. The first-order chi connectivity index (χ1) is 16.3. The zero-order valence-electron chi connectivity index (χ0n) is 17.5. The van der Waals surface area contributed by atoms with Crippen LogP contribution in [0.2, 0.25) is 10.0 Å². The molecule has 1 amide bonds. The van der Waals surface area contributed by atoms with Crippen LogP contribution in [0.15, 0.2) is 43.1 Å². The lowest BCUT2D eigenvalue weighted by atomic mass is 10.1. The van der Waals surface area contributed by atoms with Crippen LogP contribution in [-0.2, 0) is 11.3 Å². The van der Waals surface area contributed by atoms with E-state index in [4.69, 9.17) is 27.9 Å². The Bertz CT molecular complexity index is 1450. The Morgan fingerprint density at radius 2 is 2.00 bits per heavy atom. The van der Waals surface area contributed by atoms with Gasteiger partial charge < -0.3 is 19.0 Å². The molecule has 0 spiro atoms. The molecule has 3 aromatic heterocycles. The Labute approximate surface area is 204 Å². The van der Waals surface area contributed by atoms with Crippen LogP contribution in [0.4, 0.5) is 15.8 Å². The normalized spacial score (nSPS) is 11.9. The van der Waals surface area contributed by atoms with E-state index in [0.717, 1.165) is 0 Å². The minimum atomic E-state index is -2.99. The van der Waals surface area contributed by atoms with E-state index in [9.17, 15) is 13.6 Å². The number of carbonyl (C=O) groups is 1. The zero-order valence-corrected chi connectivity index (χ0v) is 19.8. The highest BCUT2D eigenvalue weighted by Gasteiger charge is 2.25. The Balaban J connectivity index is 1.89. The number of halogens is 3. The SMILES string of the molecule is CNC(=O)c1ncn2cc(-c3c(Cl)ccc(N(c4cc(Cl)cnc4OC)S(=O)[O-])c3F)ncc12. The molecule has 0 radical (unpaired) electrons. The van der Waals surface area contributed by atoms with Crippen LogP contribution in [0.1, 0.15) is 10.5 Å². The van der Waals surface area contributed by atoms with E-state index >= 15 is 4.39 Å². The molecule has 1 N–H and O–H groups in total. The maximum Gasteiger partial charge on any atom is 0.271 e. The molecule has 14 heteroatoms. The molecule has 3 heterocycles. The van der Waals surface area contributed by atoms with Crippen molar-refractivity contribution in [3.63, 3.8) is 0 Å². The topological polar surface area (TPSA) is 125 Å². The molecular weight excluding hydrogens is 510 g/mol. The zero-order chi connectivity index (χ0) is 24.6. The molecular formula is C20H14Cl2FN6O4S-. The van der Waals surface area contributed by atoms with E-state index in [1.54, 1.807) is 0 Å². The van der Waals surface area contributed by atoms with Crippen LogP contribution >= 0.6 is 23.2 Å². The van der Waals surface area contributed by atoms with Crippen molar-refractivity contribution >= 4 is 57.3 Å². The van der Waals surface area contributed by atoms with E-state index in [1.807, 2.05) is 0 Å². The monoisotopic (exact) mass is 523 g/mol. The number of imidazole rings is 1. The molecule has 0 bridgehead atoms. The predicted octanol–water partition coefficient (Wildman–Crippen LogP) is 3.54. The fourth-order valence-electron chi connectivity index (χ4n) is 3.26. The molecule has 0 aliphatic heterocycles. The van der Waals surface area contributed by atoms with Crippen molar-refractivity contribution in [3.8, 4) is 17.1 Å². The lowest BCUT2D eigenvalue weighted by molar-refractivity contribution is 0.0960. The van der Waals surface area contributed by atoms with Crippen LogP contribution in [0.25, 0.3) is 16.8 Å². The fourth-order valence-corrected chi connectivity index (χ4v) is 4.25. The summed E-state index contributed by atoms with van der Waals surface area (Å²) in [7, 11) is 2.75. The summed E-state index contributed by atoms with van der Waals surface area (Å²) in [6.45, 7) is 0. The first-order valence-electron chi connectivity index (χ1n) is 9.39. The summed E-state index contributed by atoms with van der Waals surface area (Å²) >= 11 is 9.27. The Hall–Kier alpha value is -3.32. The third-order valence-electron chi connectivity index (χ3n) is 4.77. The van der Waals surface area contributed by atoms with Crippen molar-refractivity contribution in [2.24, 2.45) is 0 Å². The van der Waals surface area contributed by atoms with Gasteiger partial charge in [-0.3, -0.25) is 18.3 Å². The summed E-state index contributed by atoms with van der Waals surface area (Å²) in [6, 6.07) is 3.79. The van der Waals surface area contributed by atoms with Gasteiger partial charge in [0, 0.05) is 19.4 Å². The van der Waals surface area contributed by atoms with Crippen molar-refractivity contribution in [1.82, 2.24) is 24.7 Å². The molecule has 1 unspecified atom stereocenters. The lowest BCUT2D eigenvalue weighted by Crippen LogP contribution is -2.22. The summed E-state index contributed by atoms with van der Waals surface area (Å²) in [4.78, 5) is 24.2. The number of hydrogen-bond donors (Lipinski definition) is 1. The number of pyridine rings is 1. The van der Waals surface area contributed by atoms with Gasteiger partial charge in [-0.15, -0.1) is 0 Å². The second kappa shape index (κ2) is 9.50. The number of carbonyl (C=O) groups excluding carboxylic acids is 1. The van der Waals surface area contributed by atoms with Crippen LogP contribution < -0.4 is 14.4 Å². The Morgan fingerprint density at radius 1 is 1.24 bits per heavy atom. The van der Waals surface area contributed by atoms with Gasteiger partial charge in [0.1, 0.15) is 12.0 Å². The second-order valence-corrected chi connectivity index (χ2v) is 8.33. The number of hydrogen-bond acceptors (Lipinski definition) is 7. The highest BCUT2D eigenvalue weighted by atomic mass is 35.5. The van der Waals surface area contributed by atoms with Gasteiger partial charge in [-0.25, -0.2) is 14.4 Å². The molecule has 4 aromatic rings. The number of fused-ring (bicyclic) bond motifs is 1. The molecule has 0 saturated heterocycles. The van der Waals surface area contributed by atoms with E-state index in [2.05, 4.69) is 20.3 Å². The van der Waals surface area contributed by atoms with E-state index < -0.39 is 23.0 Å². The molecule has 1 atom stereocenters. The van der Waals surface area contributed by atoms with Gasteiger partial charge in [0.05, 0.1) is 57.1 Å². The van der Waals surface area contributed by atoms with Gasteiger partial charge in [0.25, 0.3) is 5.91 Å². The third-order valence-corrected chi connectivity index (χ3v) is 5.98. The summed E-state index contributed by atoms with van der Waals surface area (Å²) in [5, 5.41) is 2.56. The maximum atomic E-state index is 15.8. The van der Waals surface area contributed by atoms with E-state index in [-0.39, 0.29) is 44.3 Å². The average Bonchev–Trinajstić information content (AvgIpc) is 3.23. The first-order valence-corrected chi connectivity index (χ1v) is 11.2. The molecule has 0 aliphatic carbocycles. The van der Waals surface area contributed by atoms with Gasteiger partial charge in [-0.05, 0) is 18.2 Å². The minimum Gasteiger partial charge on any atom is -0.755 e. The largest absolute Gasteiger partial charge is 0.755 e. The standard InChI is InChI=1S/C20H15Cl2FN6O4S/c1-24-19(30)18-15-7-25-12(8-28(15)9-27-18)16-11(22)3-4-13(17(16)23)29(34(31)32)14-5-10(21)6-26-20(14)33-2/h3-9H,1-2H3,(H,24,30)(H,31,32)/p-1. The summed E-state index contributed by atoms with van der Waals surface area (Å²) in [5.74, 6) is -1.48. The number of ether oxygens (including phenoxy) is 1. The van der Waals surface area contributed by atoms with Gasteiger partial charge in [-0.1, -0.05) is 23.2 Å². The Morgan fingerprint density at radius 3 is 2.68 bits per heavy atom. The number of aromatic nitrogens is 4. The highest BCUT2D eigenvalue weighted by Crippen LogP contribution is 2.41. The van der Waals surface area contributed by atoms with Gasteiger partial charge in [-0.2, -0.15) is 0 Å². The quantitative estimate of drug-likeness (QED) is 0.383. The van der Waals surface area contributed by atoms with Crippen molar-refractivity contribution in [3.05, 3.63) is 64.7 Å². The molecule has 0 saturated carbocycles. The number of nitrogens with one attached hydrogen (secondary N) is 1. The molecule has 1 aromatic carbocycles. The van der Waals surface area contributed by atoms with Gasteiger partial charge in [0.2, 0.25) is 5.88 Å². The third kappa shape index (κ3) is 4.16. The first kappa shape index (κ1) is 23.8. The molecule has 176 valence electrons. The summed E-state index contributed by atoms with van der Waals surface area (Å²) in [5.41, 5.74) is -0.0493. The number of rotatable bonds is 6. The van der Waals surface area contributed by atoms with E-state index in [0.29, 0.717) is 9.82 Å². The van der Waals surface area contributed by atoms with Crippen molar-refractivity contribution in [1.29, 1.82) is 0 Å². The highest BCUT2D eigenvalue weighted by molar-refractivity contribution is 7.81. The minimum absolute atomic E-state index is 0.0208. The van der Waals surface area contributed by atoms with Crippen LogP contribution in [0.5, 0.6) is 5.88 Å². The average molecular weight is 524 g/mol. The van der Waals surface area contributed by atoms with Crippen molar-refractivity contribution in [2.75, 3.05) is 18.5 Å². The summed E-state index contributed by atoms with van der Waals surface area (Å²) < 4.78 is 47.4. The number of nitrogens with zero attached hydrogens (tertiary/aromatic N) is 5. The number of methoxy groups -OCH3 is 1. The predicted molar refractivity (Wildman–Crippen MR) is 124 cm³/mol. The fraction of sp³-hybridized carbons (Fsp3) is 0.100. The smallest absolute Gasteiger partial charge is 0.271 e.